The van der Waals surface area contributed by atoms with Gasteiger partial charge < -0.3 is 24.6 Å². The number of carbonyl (C=O) groups is 2. The monoisotopic (exact) mass is 398 g/mol. The molecule has 2 atom stereocenters. The summed E-state index contributed by atoms with van der Waals surface area (Å²) in [6, 6.07) is 14.1. The highest BCUT2D eigenvalue weighted by Crippen LogP contribution is 2.37. The zero-order chi connectivity index (χ0) is 20.4. The van der Waals surface area contributed by atoms with Crippen LogP contribution in [0.5, 0.6) is 11.5 Å². The van der Waals surface area contributed by atoms with Gasteiger partial charge in [0.25, 0.3) is 5.91 Å². The topological polar surface area (TPSA) is 97.3 Å². The molecule has 0 saturated carbocycles. The van der Waals surface area contributed by atoms with Crippen molar-refractivity contribution in [3.63, 3.8) is 0 Å². The van der Waals surface area contributed by atoms with Crippen molar-refractivity contribution in [1.82, 2.24) is 10.2 Å². The summed E-state index contributed by atoms with van der Waals surface area (Å²) < 4.78 is 16.1. The molecule has 3 amide bonds. The number of β-amino-alcohol motifs (C(OH)–C–C–N with tert-alkyl or cyclic N) is 1. The molecule has 0 spiro atoms. The molecule has 2 aliphatic heterocycles. The van der Waals surface area contributed by atoms with Gasteiger partial charge in [0, 0.05) is 0 Å². The smallest absolute Gasteiger partial charge is 0.325 e. The first kappa shape index (κ1) is 19.2. The minimum atomic E-state index is -1.25. The second-order valence-electron chi connectivity index (χ2n) is 7.19. The average Bonchev–Trinajstić information content (AvgIpc) is 3.27. The maximum atomic E-state index is 13.0. The maximum Gasteiger partial charge on any atom is 0.325 e. The number of ether oxygens (including phenoxy) is 3. The van der Waals surface area contributed by atoms with E-state index in [2.05, 4.69) is 5.32 Å². The van der Waals surface area contributed by atoms with Gasteiger partial charge in [-0.25, -0.2) is 4.79 Å². The molecule has 2 aliphatic rings. The molecule has 8 heteroatoms. The second kappa shape index (κ2) is 7.73. The zero-order valence-corrected chi connectivity index (χ0v) is 16.0. The van der Waals surface area contributed by atoms with E-state index in [1.807, 2.05) is 30.3 Å². The Morgan fingerprint density at radius 2 is 1.93 bits per heavy atom. The summed E-state index contributed by atoms with van der Waals surface area (Å²) in [5.41, 5.74) is 0.311. The first-order valence-corrected chi connectivity index (χ1v) is 9.31. The molecular formula is C21H22N2O6. The number of rotatable bonds is 7. The molecule has 4 rings (SSSR count). The van der Waals surface area contributed by atoms with E-state index in [1.54, 1.807) is 25.1 Å². The van der Waals surface area contributed by atoms with E-state index in [9.17, 15) is 14.7 Å². The number of aliphatic hydroxyl groups excluding tert-OH is 1. The SMILES string of the molecule is C[C@]1(c2ccc3c(c2)OCO3)NC(=O)N(C[C@@H](O)COCc2ccccc2)C1=O. The highest BCUT2D eigenvalue weighted by molar-refractivity contribution is 6.07. The fourth-order valence-electron chi connectivity index (χ4n) is 3.42. The Bertz CT molecular complexity index is 919. The van der Waals surface area contributed by atoms with Crippen LogP contribution in [-0.4, -0.2) is 48.0 Å². The molecule has 0 bridgehead atoms. The third-order valence-corrected chi connectivity index (χ3v) is 5.04. The van der Waals surface area contributed by atoms with E-state index in [-0.39, 0.29) is 19.9 Å². The van der Waals surface area contributed by atoms with Gasteiger partial charge in [-0.2, -0.15) is 0 Å². The van der Waals surface area contributed by atoms with Gasteiger partial charge in [0.15, 0.2) is 11.5 Å². The zero-order valence-electron chi connectivity index (χ0n) is 16.0. The number of imide groups is 1. The van der Waals surface area contributed by atoms with Crippen LogP contribution in [0.2, 0.25) is 0 Å². The third-order valence-electron chi connectivity index (χ3n) is 5.04. The van der Waals surface area contributed by atoms with Gasteiger partial charge in [-0.3, -0.25) is 9.69 Å². The lowest BCUT2D eigenvalue weighted by Crippen LogP contribution is -2.42. The highest BCUT2D eigenvalue weighted by Gasteiger charge is 2.49. The Labute approximate surface area is 168 Å². The van der Waals surface area contributed by atoms with Gasteiger partial charge >= 0.3 is 6.03 Å². The third kappa shape index (κ3) is 3.76. The highest BCUT2D eigenvalue weighted by atomic mass is 16.7. The van der Waals surface area contributed by atoms with Gasteiger partial charge in [0.1, 0.15) is 5.54 Å². The van der Waals surface area contributed by atoms with E-state index >= 15 is 0 Å². The lowest BCUT2D eigenvalue weighted by Gasteiger charge is -2.23. The predicted octanol–water partition coefficient (Wildman–Crippen LogP) is 1.76. The van der Waals surface area contributed by atoms with Crippen LogP contribution in [0.4, 0.5) is 4.79 Å². The van der Waals surface area contributed by atoms with Crippen LogP contribution in [0.25, 0.3) is 0 Å². The molecule has 0 unspecified atom stereocenters. The largest absolute Gasteiger partial charge is 0.454 e. The summed E-state index contributed by atoms with van der Waals surface area (Å²) in [5.74, 6) is 0.680. The fraction of sp³-hybridized carbons (Fsp3) is 0.333. The van der Waals surface area contributed by atoms with Gasteiger partial charge in [-0.1, -0.05) is 36.4 Å². The minimum absolute atomic E-state index is 0.00664. The molecule has 2 N–H and O–H groups in total. The molecule has 2 heterocycles. The molecule has 0 radical (unpaired) electrons. The van der Waals surface area contributed by atoms with Gasteiger partial charge in [-0.15, -0.1) is 0 Å². The van der Waals surface area contributed by atoms with Crippen molar-refractivity contribution in [2.45, 2.75) is 25.2 Å². The average molecular weight is 398 g/mol. The number of aliphatic hydroxyl groups is 1. The van der Waals surface area contributed by atoms with Crippen LogP contribution in [0.1, 0.15) is 18.1 Å². The first-order chi connectivity index (χ1) is 14.0. The standard InChI is InChI=1S/C21H22N2O6/c1-21(15-7-8-17-18(9-15)29-13-28-17)19(25)23(20(26)22-21)10-16(24)12-27-11-14-5-3-2-4-6-14/h2-9,16,24H,10-13H2,1H3,(H,22,26)/t16-,21-/m1/s1. The number of amides is 3. The van der Waals surface area contributed by atoms with E-state index < -0.39 is 23.6 Å². The summed E-state index contributed by atoms with van der Waals surface area (Å²) in [5, 5.41) is 13.0. The van der Waals surface area contributed by atoms with Crippen molar-refractivity contribution in [1.29, 1.82) is 0 Å². The number of hydrogen-bond donors (Lipinski definition) is 2. The summed E-state index contributed by atoms with van der Waals surface area (Å²) in [4.78, 5) is 26.4. The molecule has 1 fully saturated rings. The van der Waals surface area contributed by atoms with E-state index in [1.165, 1.54) is 0 Å². The Morgan fingerprint density at radius 3 is 2.72 bits per heavy atom. The number of urea groups is 1. The summed E-state index contributed by atoms with van der Waals surface area (Å²) in [6.07, 6.45) is -0.993. The number of benzene rings is 2. The summed E-state index contributed by atoms with van der Waals surface area (Å²) in [6.45, 7) is 1.94. The summed E-state index contributed by atoms with van der Waals surface area (Å²) in [7, 11) is 0. The fourth-order valence-corrected chi connectivity index (χ4v) is 3.42. The van der Waals surface area contributed by atoms with E-state index in [0.717, 1.165) is 10.5 Å². The quantitative estimate of drug-likeness (QED) is 0.690. The van der Waals surface area contributed by atoms with Crippen molar-refractivity contribution in [2.75, 3.05) is 19.9 Å². The molecule has 152 valence electrons. The Balaban J connectivity index is 1.38. The molecule has 2 aromatic rings. The number of hydrogen-bond acceptors (Lipinski definition) is 6. The number of carbonyl (C=O) groups excluding carboxylic acids is 2. The van der Waals surface area contributed by atoms with Crippen LogP contribution >= 0.6 is 0 Å². The van der Waals surface area contributed by atoms with Crippen LogP contribution in [-0.2, 0) is 21.7 Å². The van der Waals surface area contributed by atoms with Crippen LogP contribution in [0, 0.1) is 0 Å². The van der Waals surface area contributed by atoms with Crippen LogP contribution < -0.4 is 14.8 Å². The molecule has 8 nitrogen and oxygen atoms in total. The Kier molecular flexibility index (Phi) is 5.12. The van der Waals surface area contributed by atoms with Crippen molar-refractivity contribution in [2.24, 2.45) is 0 Å². The molecule has 1 saturated heterocycles. The molecular weight excluding hydrogens is 376 g/mol. The molecule has 0 aromatic heterocycles. The normalized spacial score (nSPS) is 21.4. The van der Waals surface area contributed by atoms with E-state index in [0.29, 0.717) is 23.7 Å². The van der Waals surface area contributed by atoms with Gasteiger partial charge in [0.05, 0.1) is 25.9 Å². The number of nitrogens with zero attached hydrogens (tertiary/aromatic N) is 1. The number of fused-ring (bicyclic) bond motifs is 1. The Hall–Kier alpha value is -3.10. The van der Waals surface area contributed by atoms with E-state index in [4.69, 9.17) is 14.2 Å². The molecule has 0 aliphatic carbocycles. The van der Waals surface area contributed by atoms with Crippen molar-refractivity contribution >= 4 is 11.9 Å². The molecule has 2 aromatic carbocycles. The van der Waals surface area contributed by atoms with Crippen LogP contribution in [0.3, 0.4) is 0 Å². The van der Waals surface area contributed by atoms with Crippen LogP contribution in [0.15, 0.2) is 48.5 Å². The minimum Gasteiger partial charge on any atom is -0.454 e. The van der Waals surface area contributed by atoms with Crippen molar-refractivity contribution in [3.8, 4) is 11.5 Å². The van der Waals surface area contributed by atoms with Gasteiger partial charge in [-0.05, 0) is 30.2 Å². The number of nitrogens with one attached hydrogen (secondary N) is 1. The van der Waals surface area contributed by atoms with Crippen molar-refractivity contribution < 1.29 is 28.9 Å². The lowest BCUT2D eigenvalue weighted by atomic mass is 9.91. The summed E-state index contributed by atoms with van der Waals surface area (Å²) >= 11 is 0. The van der Waals surface area contributed by atoms with Gasteiger partial charge in [0.2, 0.25) is 6.79 Å². The Morgan fingerprint density at radius 1 is 1.17 bits per heavy atom. The maximum absolute atomic E-state index is 13.0. The molecule has 29 heavy (non-hydrogen) atoms. The lowest BCUT2D eigenvalue weighted by molar-refractivity contribution is -0.132. The first-order valence-electron chi connectivity index (χ1n) is 9.31. The van der Waals surface area contributed by atoms with Crippen molar-refractivity contribution in [3.05, 3.63) is 59.7 Å². The predicted molar refractivity (Wildman–Crippen MR) is 102 cm³/mol. The second-order valence-corrected chi connectivity index (χ2v) is 7.19.